The first-order chi connectivity index (χ1) is 18.2. The van der Waals surface area contributed by atoms with Crippen LogP contribution in [0.15, 0.2) is 62.8 Å². The van der Waals surface area contributed by atoms with E-state index in [0.29, 0.717) is 56.5 Å². The zero-order valence-corrected chi connectivity index (χ0v) is 22.3. The fraction of sp³-hybridized carbons (Fsp3) is 0.259. The van der Waals surface area contributed by atoms with E-state index in [9.17, 15) is 9.18 Å². The number of aromatic nitrogens is 1. The second kappa shape index (κ2) is 11.5. The number of carbonyl (C=O) groups excluding carboxylic acids is 1. The minimum atomic E-state index is -0.739. The van der Waals surface area contributed by atoms with E-state index in [0.717, 1.165) is 5.56 Å². The molecule has 38 heavy (non-hydrogen) atoms. The molecule has 0 radical (unpaired) electrons. The van der Waals surface area contributed by atoms with Crippen molar-refractivity contribution in [1.29, 1.82) is 5.41 Å². The number of aryl methyl sites for hydroxylation is 2. The van der Waals surface area contributed by atoms with Gasteiger partial charge >= 0.3 is 6.01 Å². The number of rotatable bonds is 8. The largest absolute Gasteiger partial charge is 0.423 e. The van der Waals surface area contributed by atoms with E-state index in [2.05, 4.69) is 26.3 Å². The molecule has 0 fully saturated rings. The number of guanidine groups is 1. The van der Waals surface area contributed by atoms with Crippen molar-refractivity contribution in [2.45, 2.75) is 33.2 Å². The van der Waals surface area contributed by atoms with E-state index < -0.39 is 6.04 Å². The molecule has 0 saturated carbocycles. The van der Waals surface area contributed by atoms with Gasteiger partial charge in [0.15, 0.2) is 5.58 Å². The van der Waals surface area contributed by atoms with E-state index in [1.807, 2.05) is 32.0 Å². The Morgan fingerprint density at radius 2 is 2.08 bits per heavy atom. The number of hydrogen-bond donors (Lipinski definition) is 5. The number of hydrogen-bond acceptors (Lipinski definition) is 8. The lowest BCUT2D eigenvalue weighted by atomic mass is 9.95. The van der Waals surface area contributed by atoms with Crippen LogP contribution in [0.2, 0.25) is 5.02 Å². The van der Waals surface area contributed by atoms with Crippen molar-refractivity contribution in [3.63, 3.8) is 0 Å². The maximum absolute atomic E-state index is 14.2. The lowest BCUT2D eigenvalue weighted by Crippen LogP contribution is -2.39. The predicted molar refractivity (Wildman–Crippen MR) is 148 cm³/mol. The van der Waals surface area contributed by atoms with Crippen LogP contribution in [0.25, 0.3) is 11.1 Å². The summed E-state index contributed by atoms with van der Waals surface area (Å²) >= 11 is 6.60. The van der Waals surface area contributed by atoms with Crippen LogP contribution in [-0.4, -0.2) is 36.7 Å². The molecule has 0 saturated heterocycles. The molecule has 5 N–H and O–H groups in total. The van der Waals surface area contributed by atoms with Crippen LogP contribution >= 0.6 is 11.6 Å². The van der Waals surface area contributed by atoms with Crippen molar-refractivity contribution in [2.24, 2.45) is 4.99 Å². The number of carbonyl (C=O) groups is 1. The third-order valence-corrected chi connectivity index (χ3v) is 6.41. The first-order valence-corrected chi connectivity index (χ1v) is 12.4. The van der Waals surface area contributed by atoms with E-state index >= 15 is 0 Å². The topological polar surface area (TPSA) is 127 Å². The summed E-state index contributed by atoms with van der Waals surface area (Å²) in [5.74, 6) is -0.413. The highest BCUT2D eigenvalue weighted by molar-refractivity contribution is 6.31. The summed E-state index contributed by atoms with van der Waals surface area (Å²) < 4.78 is 20.0. The summed E-state index contributed by atoms with van der Waals surface area (Å²) in [6.07, 6.45) is 3.26. The monoisotopic (exact) mass is 537 g/mol. The van der Waals surface area contributed by atoms with E-state index in [-0.39, 0.29) is 24.3 Å². The summed E-state index contributed by atoms with van der Waals surface area (Å²) in [5, 5.41) is 19.8. The molecule has 3 aromatic rings. The number of nitrogens with zero attached hydrogens (tertiary/aromatic N) is 2. The van der Waals surface area contributed by atoms with Gasteiger partial charge in [-0.15, -0.1) is 0 Å². The Morgan fingerprint density at radius 1 is 1.29 bits per heavy atom. The van der Waals surface area contributed by atoms with E-state index in [1.165, 1.54) is 12.3 Å². The highest BCUT2D eigenvalue weighted by atomic mass is 35.5. The molecule has 1 unspecified atom stereocenters. The Hall–Kier alpha value is -4.18. The van der Waals surface area contributed by atoms with Crippen molar-refractivity contribution in [3.05, 3.63) is 80.9 Å². The Balaban J connectivity index is 1.69. The van der Waals surface area contributed by atoms with Crippen LogP contribution in [0, 0.1) is 18.2 Å². The Kier molecular flexibility index (Phi) is 8.11. The standard InChI is InChI=1S/C27H29ClFN7O2/c1-5-17-20(29)8-9-21-24(17)38-27(34-21)36-26-33-15(3)22(25(37)32-13-16(11-30)12-31-4)23(35-26)18-7-6-14(2)10-19(18)28/h6-12,23,30-31H,5,13H2,1-4H3,(H,32,37)(H2,33,34,35,36)/b16-12+,30-11?. The van der Waals surface area contributed by atoms with Crippen molar-refractivity contribution >= 4 is 46.8 Å². The van der Waals surface area contributed by atoms with Crippen LogP contribution in [0.3, 0.4) is 0 Å². The fourth-order valence-corrected chi connectivity index (χ4v) is 4.56. The number of nitrogens with one attached hydrogen (secondary N) is 5. The van der Waals surface area contributed by atoms with Crippen molar-refractivity contribution < 1.29 is 13.6 Å². The molecule has 0 bridgehead atoms. The average Bonchev–Trinajstić information content (AvgIpc) is 3.28. The molecule has 1 aliphatic rings. The molecule has 0 spiro atoms. The third-order valence-electron chi connectivity index (χ3n) is 6.09. The van der Waals surface area contributed by atoms with E-state index in [4.69, 9.17) is 26.4 Å². The van der Waals surface area contributed by atoms with Gasteiger partial charge in [-0.05, 0) is 44.0 Å². The average molecular weight is 538 g/mol. The molecule has 198 valence electrons. The molecule has 1 aromatic heterocycles. The number of allylic oxidation sites excluding steroid dienone is 1. The van der Waals surface area contributed by atoms with Crippen molar-refractivity contribution in [3.8, 4) is 0 Å². The lowest BCUT2D eigenvalue weighted by molar-refractivity contribution is -0.117. The highest BCUT2D eigenvalue weighted by Crippen LogP contribution is 2.35. The number of aliphatic imine (C=N–C) groups is 1. The summed E-state index contributed by atoms with van der Waals surface area (Å²) in [5.41, 5.74) is 4.47. The molecule has 11 heteroatoms. The van der Waals surface area contributed by atoms with Gasteiger partial charge in [0.1, 0.15) is 17.4 Å². The summed E-state index contributed by atoms with van der Waals surface area (Å²) in [7, 11) is 1.72. The number of amides is 1. The summed E-state index contributed by atoms with van der Waals surface area (Å²) in [6.45, 7) is 5.69. The third kappa shape index (κ3) is 5.55. The molecule has 9 nitrogen and oxygen atoms in total. The number of anilines is 1. The van der Waals surface area contributed by atoms with Gasteiger partial charge in [-0.1, -0.05) is 30.7 Å². The Bertz CT molecular complexity index is 1490. The van der Waals surface area contributed by atoms with Crippen LogP contribution in [0.4, 0.5) is 10.4 Å². The maximum atomic E-state index is 14.2. The molecule has 2 heterocycles. The molecule has 2 aromatic carbocycles. The molecular formula is C27H29ClFN7O2. The molecular weight excluding hydrogens is 509 g/mol. The molecule has 1 amide bonds. The van der Waals surface area contributed by atoms with Crippen LogP contribution < -0.4 is 21.3 Å². The minimum Gasteiger partial charge on any atom is -0.423 e. The SMILES string of the molecule is CCc1c(F)ccc2nc(NC3=NC(c4ccc(C)cc4Cl)C(C(=O)NC/C(C=N)=C/NC)=C(C)N3)oc12. The van der Waals surface area contributed by atoms with Gasteiger partial charge in [0, 0.05) is 53.4 Å². The van der Waals surface area contributed by atoms with Gasteiger partial charge < -0.3 is 25.8 Å². The fourth-order valence-electron chi connectivity index (χ4n) is 4.23. The quantitative estimate of drug-likeness (QED) is 0.264. The number of benzene rings is 2. The minimum absolute atomic E-state index is 0.133. The molecule has 1 aliphatic heterocycles. The molecule has 4 rings (SSSR count). The van der Waals surface area contributed by atoms with Crippen LogP contribution in [0.5, 0.6) is 0 Å². The number of fused-ring (bicyclic) bond motifs is 1. The summed E-state index contributed by atoms with van der Waals surface area (Å²) in [4.78, 5) is 22.5. The molecule has 0 aliphatic carbocycles. The van der Waals surface area contributed by atoms with Gasteiger partial charge in [-0.25, -0.2) is 9.38 Å². The van der Waals surface area contributed by atoms with Crippen molar-refractivity contribution in [1.82, 2.24) is 20.9 Å². The Morgan fingerprint density at radius 3 is 2.76 bits per heavy atom. The maximum Gasteiger partial charge on any atom is 0.302 e. The highest BCUT2D eigenvalue weighted by Gasteiger charge is 2.31. The number of oxazole rings is 1. The van der Waals surface area contributed by atoms with Crippen LogP contribution in [-0.2, 0) is 11.2 Å². The van der Waals surface area contributed by atoms with Gasteiger partial charge in [0.05, 0.1) is 5.57 Å². The molecule has 1 atom stereocenters. The van der Waals surface area contributed by atoms with Gasteiger partial charge in [-0.2, -0.15) is 4.98 Å². The zero-order valence-electron chi connectivity index (χ0n) is 21.5. The zero-order chi connectivity index (χ0) is 27.4. The number of halogens is 2. The van der Waals surface area contributed by atoms with E-state index in [1.54, 1.807) is 26.2 Å². The summed E-state index contributed by atoms with van der Waals surface area (Å²) in [6, 6.07) is 7.88. The lowest BCUT2D eigenvalue weighted by Gasteiger charge is -2.27. The van der Waals surface area contributed by atoms with Crippen molar-refractivity contribution in [2.75, 3.05) is 18.9 Å². The Labute approximate surface area is 224 Å². The smallest absolute Gasteiger partial charge is 0.302 e. The van der Waals surface area contributed by atoms with Crippen LogP contribution in [0.1, 0.15) is 36.6 Å². The first-order valence-electron chi connectivity index (χ1n) is 12.1. The second-order valence-corrected chi connectivity index (χ2v) is 9.18. The van der Waals surface area contributed by atoms with Gasteiger partial charge in [0.25, 0.3) is 5.91 Å². The first kappa shape index (κ1) is 26.9. The normalized spacial score (nSPS) is 15.7. The second-order valence-electron chi connectivity index (χ2n) is 8.78. The predicted octanol–water partition coefficient (Wildman–Crippen LogP) is 4.75. The van der Waals surface area contributed by atoms with Gasteiger partial charge in [0.2, 0.25) is 5.96 Å². The van der Waals surface area contributed by atoms with Gasteiger partial charge in [-0.3, -0.25) is 10.1 Å².